The van der Waals surface area contributed by atoms with E-state index in [2.05, 4.69) is 10.4 Å². The van der Waals surface area contributed by atoms with E-state index in [1.165, 1.54) is 0 Å². The number of aromatic nitrogens is 2. The second-order valence-corrected chi connectivity index (χ2v) is 5.06. The molecule has 6 heteroatoms. The van der Waals surface area contributed by atoms with Gasteiger partial charge in [-0.2, -0.15) is 5.10 Å². The van der Waals surface area contributed by atoms with Crippen molar-refractivity contribution in [3.63, 3.8) is 0 Å². The van der Waals surface area contributed by atoms with Gasteiger partial charge in [-0.15, -0.1) is 0 Å². The minimum absolute atomic E-state index is 0.310. The zero-order valence-corrected chi connectivity index (χ0v) is 12.1. The zero-order chi connectivity index (χ0) is 13.8. The van der Waals surface area contributed by atoms with Gasteiger partial charge in [-0.3, -0.25) is 4.68 Å². The normalized spacial score (nSPS) is 10.4. The lowest BCUT2D eigenvalue weighted by Crippen LogP contribution is -2.11. The maximum Gasteiger partial charge on any atom is 0.105 e. The van der Waals surface area contributed by atoms with Crippen molar-refractivity contribution in [2.75, 3.05) is 11.9 Å². The summed E-state index contributed by atoms with van der Waals surface area (Å²) in [4.78, 5) is 0.310. The first-order chi connectivity index (χ1) is 9.06. The van der Waals surface area contributed by atoms with E-state index in [1.54, 1.807) is 4.68 Å². The number of nitrogens with zero attached hydrogens (tertiary/aromatic N) is 2. The lowest BCUT2D eigenvalue weighted by molar-refractivity contribution is 0.742. The minimum Gasteiger partial charge on any atom is -0.389 e. The molecule has 4 nitrogen and oxygen atoms in total. The fourth-order valence-corrected chi connectivity index (χ4v) is 2.27. The predicted octanol–water partition coefficient (Wildman–Crippen LogP) is 2.36. The van der Waals surface area contributed by atoms with Gasteiger partial charge in [0.2, 0.25) is 0 Å². The van der Waals surface area contributed by atoms with Gasteiger partial charge < -0.3 is 11.1 Å². The molecule has 0 saturated heterocycles. The fourth-order valence-electron chi connectivity index (χ4n) is 1.76. The van der Waals surface area contributed by atoms with E-state index in [9.17, 15) is 0 Å². The van der Waals surface area contributed by atoms with Crippen LogP contribution in [0.5, 0.6) is 0 Å². The Morgan fingerprint density at radius 1 is 1.47 bits per heavy atom. The van der Waals surface area contributed by atoms with Crippen LogP contribution in [0.25, 0.3) is 0 Å². The van der Waals surface area contributed by atoms with Crippen LogP contribution in [0.1, 0.15) is 11.3 Å². The minimum atomic E-state index is 0.310. The van der Waals surface area contributed by atoms with Crippen molar-refractivity contribution in [2.24, 2.45) is 12.8 Å². The van der Waals surface area contributed by atoms with Crippen LogP contribution >= 0.6 is 23.8 Å². The van der Waals surface area contributed by atoms with Crippen molar-refractivity contribution < 1.29 is 0 Å². The second-order valence-electron chi connectivity index (χ2n) is 4.22. The summed E-state index contributed by atoms with van der Waals surface area (Å²) in [6.45, 7) is 0.791. The Balaban J connectivity index is 1.93. The molecule has 1 aromatic heterocycles. The van der Waals surface area contributed by atoms with Crippen LogP contribution in [0.4, 0.5) is 5.69 Å². The van der Waals surface area contributed by atoms with Gasteiger partial charge in [0.05, 0.1) is 10.7 Å². The van der Waals surface area contributed by atoms with E-state index < -0.39 is 0 Å². The lowest BCUT2D eigenvalue weighted by atomic mass is 10.2. The first kappa shape index (κ1) is 13.8. The van der Waals surface area contributed by atoms with Crippen molar-refractivity contribution in [3.8, 4) is 0 Å². The van der Waals surface area contributed by atoms with E-state index in [1.807, 2.05) is 37.5 Å². The number of nitrogens with two attached hydrogens (primary N) is 1. The van der Waals surface area contributed by atoms with Gasteiger partial charge >= 0.3 is 0 Å². The zero-order valence-electron chi connectivity index (χ0n) is 10.6. The highest BCUT2D eigenvalue weighted by Crippen LogP contribution is 2.20. The predicted molar refractivity (Wildman–Crippen MR) is 82.7 cm³/mol. The number of hydrogen-bond acceptors (Lipinski definition) is 3. The number of nitrogens with one attached hydrogen (secondary N) is 1. The molecule has 0 unspecified atom stereocenters. The van der Waals surface area contributed by atoms with E-state index >= 15 is 0 Å². The van der Waals surface area contributed by atoms with Gasteiger partial charge in [-0.1, -0.05) is 23.8 Å². The highest BCUT2D eigenvalue weighted by atomic mass is 35.5. The molecule has 2 aromatic rings. The Morgan fingerprint density at radius 3 is 2.84 bits per heavy atom. The summed E-state index contributed by atoms with van der Waals surface area (Å²) in [5.41, 5.74) is 8.26. The summed E-state index contributed by atoms with van der Waals surface area (Å²) in [5.74, 6) is 0. The van der Waals surface area contributed by atoms with E-state index in [-0.39, 0.29) is 0 Å². The molecule has 0 aliphatic carbocycles. The summed E-state index contributed by atoms with van der Waals surface area (Å²) in [5, 5.41) is 8.17. The number of rotatable bonds is 5. The number of aryl methyl sites for hydroxylation is 1. The topological polar surface area (TPSA) is 55.9 Å². The number of halogens is 1. The molecule has 0 radical (unpaired) electrons. The molecule has 1 heterocycles. The molecule has 0 amide bonds. The molecule has 3 N–H and O–H groups in total. The third-order valence-corrected chi connectivity index (χ3v) is 3.25. The standard InChI is InChI=1S/C13H15ClN4S/c1-18-7-5-9(17-18)4-6-16-10-2-3-11(13(15)19)12(14)8-10/h2-3,5,7-8,16H,4,6H2,1H3,(H2,15,19). The first-order valence-corrected chi connectivity index (χ1v) is 6.66. The Morgan fingerprint density at radius 2 is 2.26 bits per heavy atom. The van der Waals surface area contributed by atoms with Crippen molar-refractivity contribution in [1.29, 1.82) is 0 Å². The monoisotopic (exact) mass is 294 g/mol. The van der Waals surface area contributed by atoms with Gasteiger partial charge in [0.15, 0.2) is 0 Å². The summed E-state index contributed by atoms with van der Waals surface area (Å²) >= 11 is 11.0. The average molecular weight is 295 g/mol. The molecule has 0 aliphatic heterocycles. The molecule has 0 bridgehead atoms. The largest absolute Gasteiger partial charge is 0.389 e. The highest BCUT2D eigenvalue weighted by Gasteiger charge is 2.04. The number of benzene rings is 1. The molecule has 0 aliphatic rings. The smallest absolute Gasteiger partial charge is 0.105 e. The summed E-state index contributed by atoms with van der Waals surface area (Å²) in [6, 6.07) is 7.58. The Labute approximate surface area is 122 Å². The van der Waals surface area contributed by atoms with Crippen LogP contribution in [0.2, 0.25) is 5.02 Å². The molecule has 19 heavy (non-hydrogen) atoms. The average Bonchev–Trinajstić information content (AvgIpc) is 2.75. The van der Waals surface area contributed by atoms with Gasteiger partial charge in [-0.25, -0.2) is 0 Å². The lowest BCUT2D eigenvalue weighted by Gasteiger charge is -2.08. The summed E-state index contributed by atoms with van der Waals surface area (Å²) in [7, 11) is 1.91. The first-order valence-electron chi connectivity index (χ1n) is 5.88. The van der Waals surface area contributed by atoms with Gasteiger partial charge in [-0.05, 0) is 24.3 Å². The van der Waals surface area contributed by atoms with E-state index in [0.717, 1.165) is 24.3 Å². The summed E-state index contributed by atoms with van der Waals surface area (Å²) in [6.07, 6.45) is 2.79. The van der Waals surface area contributed by atoms with E-state index in [0.29, 0.717) is 15.6 Å². The number of thiocarbonyl (C=S) groups is 1. The van der Waals surface area contributed by atoms with Crippen LogP contribution < -0.4 is 11.1 Å². The maximum absolute atomic E-state index is 6.10. The van der Waals surface area contributed by atoms with Gasteiger partial charge in [0.1, 0.15) is 4.99 Å². The summed E-state index contributed by atoms with van der Waals surface area (Å²) < 4.78 is 1.79. The Hall–Kier alpha value is -1.59. The maximum atomic E-state index is 6.10. The molecule has 0 saturated carbocycles. The SMILES string of the molecule is Cn1ccc(CCNc2ccc(C(N)=S)c(Cl)c2)n1. The number of hydrogen-bond donors (Lipinski definition) is 2. The Kier molecular flexibility index (Phi) is 4.39. The molecule has 0 fully saturated rings. The van der Waals surface area contributed by atoms with Gasteiger partial charge in [0, 0.05) is 37.5 Å². The van der Waals surface area contributed by atoms with Crippen LogP contribution in [0, 0.1) is 0 Å². The van der Waals surface area contributed by atoms with E-state index in [4.69, 9.17) is 29.6 Å². The molecular weight excluding hydrogens is 280 g/mol. The van der Waals surface area contributed by atoms with Crippen molar-refractivity contribution in [2.45, 2.75) is 6.42 Å². The number of anilines is 1. The van der Waals surface area contributed by atoms with Crippen molar-refractivity contribution in [3.05, 3.63) is 46.7 Å². The van der Waals surface area contributed by atoms with Gasteiger partial charge in [0.25, 0.3) is 0 Å². The van der Waals surface area contributed by atoms with Crippen molar-refractivity contribution >= 4 is 34.5 Å². The van der Waals surface area contributed by atoms with Crippen LogP contribution in [0.15, 0.2) is 30.5 Å². The molecule has 2 rings (SSSR count). The molecule has 100 valence electrons. The van der Waals surface area contributed by atoms with Crippen molar-refractivity contribution in [1.82, 2.24) is 9.78 Å². The molecule has 1 aromatic carbocycles. The molecular formula is C13H15ClN4S. The molecule has 0 spiro atoms. The highest BCUT2D eigenvalue weighted by molar-refractivity contribution is 7.80. The van der Waals surface area contributed by atoms with Crippen LogP contribution in [0.3, 0.4) is 0 Å². The molecule has 0 atom stereocenters. The Bertz CT molecular complexity index is 594. The quantitative estimate of drug-likeness (QED) is 0.831. The fraction of sp³-hybridized carbons (Fsp3) is 0.231. The second kappa shape index (κ2) is 6.04. The third kappa shape index (κ3) is 3.68. The van der Waals surface area contributed by atoms with Crippen LogP contribution in [-0.2, 0) is 13.5 Å². The van der Waals surface area contributed by atoms with Crippen LogP contribution in [-0.4, -0.2) is 21.3 Å². The third-order valence-electron chi connectivity index (χ3n) is 2.71.